The highest BCUT2D eigenvalue weighted by molar-refractivity contribution is 8.14. The normalized spacial score (nSPS) is 11.9. The van der Waals surface area contributed by atoms with Crippen LogP contribution in [0.15, 0.2) is 34.1 Å². The fraction of sp³-hybridized carbons (Fsp3) is 0. The maximum atomic E-state index is 11.5. The maximum Gasteiger partial charge on any atom is 0.263 e. The third-order valence-corrected chi connectivity index (χ3v) is 3.69. The molecule has 0 aliphatic carbocycles. The highest BCUT2D eigenvalue weighted by Crippen LogP contribution is 2.24. The van der Waals surface area contributed by atoms with E-state index in [1.807, 2.05) is 0 Å². The molecule has 0 aliphatic heterocycles. The minimum atomic E-state index is -3.90. The van der Waals surface area contributed by atoms with Crippen molar-refractivity contribution in [3.8, 4) is 0 Å². The molecule has 0 amide bonds. The summed E-state index contributed by atoms with van der Waals surface area (Å²) in [5.41, 5.74) is -0.415. The van der Waals surface area contributed by atoms with Crippen LogP contribution in [0.2, 0.25) is 5.02 Å². The van der Waals surface area contributed by atoms with Gasteiger partial charge in [0.1, 0.15) is 4.90 Å². The van der Waals surface area contributed by atoms with E-state index < -0.39 is 14.6 Å². The van der Waals surface area contributed by atoms with E-state index in [2.05, 4.69) is 4.98 Å². The monoisotopic (exact) mass is 277 g/mol. The molecule has 0 radical (unpaired) electrons. The van der Waals surface area contributed by atoms with Gasteiger partial charge in [-0.1, -0.05) is 17.7 Å². The van der Waals surface area contributed by atoms with E-state index >= 15 is 0 Å². The second-order valence-corrected chi connectivity index (χ2v) is 6.08. The van der Waals surface area contributed by atoms with Gasteiger partial charge >= 0.3 is 0 Å². The molecule has 0 aliphatic rings. The van der Waals surface area contributed by atoms with Gasteiger partial charge < -0.3 is 4.98 Å². The van der Waals surface area contributed by atoms with Crippen molar-refractivity contribution in [1.82, 2.24) is 4.98 Å². The summed E-state index contributed by atoms with van der Waals surface area (Å²) in [6.07, 6.45) is 1.07. The van der Waals surface area contributed by atoms with Crippen molar-refractivity contribution in [2.75, 3.05) is 0 Å². The molecule has 0 bridgehead atoms. The third-order valence-electron chi connectivity index (χ3n) is 2.09. The summed E-state index contributed by atoms with van der Waals surface area (Å²) in [5, 5.41) is 0.791. The number of aromatic amines is 1. The SMILES string of the molecule is O=c1[nH]cc(S(=O)(=O)Cl)c2ccc(Cl)cc12. The smallest absolute Gasteiger partial charge is 0.263 e. The largest absolute Gasteiger partial charge is 0.327 e. The van der Waals surface area contributed by atoms with Crippen molar-refractivity contribution < 1.29 is 8.42 Å². The van der Waals surface area contributed by atoms with E-state index in [-0.39, 0.29) is 15.7 Å². The van der Waals surface area contributed by atoms with E-state index in [1.165, 1.54) is 18.2 Å². The summed E-state index contributed by atoms with van der Waals surface area (Å²) in [5.74, 6) is 0. The first-order valence-corrected chi connectivity index (χ1v) is 6.84. The summed E-state index contributed by atoms with van der Waals surface area (Å²) in [7, 11) is 1.35. The standard InChI is InChI=1S/C9H5Cl2NO3S/c10-5-1-2-6-7(3-5)9(13)12-4-8(6)16(11,14)15/h1-4H,(H,12,13). The summed E-state index contributed by atoms with van der Waals surface area (Å²) in [6.45, 7) is 0. The molecule has 7 heteroatoms. The first-order chi connectivity index (χ1) is 7.39. The molecular formula is C9H5Cl2NO3S. The molecule has 0 fully saturated rings. The first kappa shape index (κ1) is 11.4. The number of rotatable bonds is 1. The van der Waals surface area contributed by atoms with E-state index in [9.17, 15) is 13.2 Å². The van der Waals surface area contributed by atoms with E-state index in [0.29, 0.717) is 5.02 Å². The minimum absolute atomic E-state index is 0.138. The summed E-state index contributed by atoms with van der Waals surface area (Å²) in [4.78, 5) is 13.6. The van der Waals surface area contributed by atoms with Crippen molar-refractivity contribution >= 4 is 42.1 Å². The van der Waals surface area contributed by atoms with Crippen LogP contribution in [0.4, 0.5) is 0 Å². The number of aromatic nitrogens is 1. The van der Waals surface area contributed by atoms with E-state index in [0.717, 1.165) is 6.20 Å². The zero-order valence-corrected chi connectivity index (χ0v) is 10.0. The number of hydrogen-bond donors (Lipinski definition) is 1. The zero-order valence-electron chi connectivity index (χ0n) is 7.70. The molecule has 2 rings (SSSR count). The molecule has 0 spiro atoms. The molecule has 16 heavy (non-hydrogen) atoms. The van der Waals surface area contributed by atoms with E-state index in [4.69, 9.17) is 22.3 Å². The lowest BCUT2D eigenvalue weighted by Crippen LogP contribution is -2.08. The van der Waals surface area contributed by atoms with Gasteiger partial charge in [0, 0.05) is 32.7 Å². The number of benzene rings is 1. The minimum Gasteiger partial charge on any atom is -0.327 e. The van der Waals surface area contributed by atoms with Crippen LogP contribution < -0.4 is 5.56 Å². The Morgan fingerprint density at radius 3 is 2.50 bits per heavy atom. The molecule has 4 nitrogen and oxygen atoms in total. The average molecular weight is 278 g/mol. The number of nitrogens with one attached hydrogen (secondary N) is 1. The Hall–Kier alpha value is -1.04. The summed E-state index contributed by atoms with van der Waals surface area (Å²) in [6, 6.07) is 4.33. The van der Waals surface area contributed by atoms with Crippen molar-refractivity contribution in [2.24, 2.45) is 0 Å². The molecule has 0 saturated carbocycles. The van der Waals surface area contributed by atoms with Gasteiger partial charge in [0.2, 0.25) is 0 Å². The molecule has 84 valence electrons. The number of fused-ring (bicyclic) bond motifs is 1. The molecule has 1 heterocycles. The molecule has 1 aromatic heterocycles. The molecule has 2 aromatic rings. The highest BCUT2D eigenvalue weighted by atomic mass is 35.7. The van der Waals surface area contributed by atoms with Crippen molar-refractivity contribution in [1.29, 1.82) is 0 Å². The third kappa shape index (κ3) is 1.93. The Morgan fingerprint density at radius 2 is 1.88 bits per heavy atom. The van der Waals surface area contributed by atoms with Gasteiger partial charge in [0.15, 0.2) is 0 Å². The van der Waals surface area contributed by atoms with E-state index in [1.54, 1.807) is 0 Å². The predicted octanol–water partition coefficient (Wildman–Crippen LogP) is 2.11. The van der Waals surface area contributed by atoms with Crippen molar-refractivity contribution in [2.45, 2.75) is 4.90 Å². The van der Waals surface area contributed by atoms with Gasteiger partial charge in [-0.3, -0.25) is 4.79 Å². The average Bonchev–Trinajstić information content (AvgIpc) is 2.17. The van der Waals surface area contributed by atoms with Gasteiger partial charge in [-0.25, -0.2) is 8.42 Å². The van der Waals surface area contributed by atoms with Gasteiger partial charge in [-0.2, -0.15) is 0 Å². The summed E-state index contributed by atoms with van der Waals surface area (Å²) >= 11 is 5.72. The fourth-order valence-electron chi connectivity index (χ4n) is 1.41. The van der Waals surface area contributed by atoms with Crippen LogP contribution in [0, 0.1) is 0 Å². The van der Waals surface area contributed by atoms with Gasteiger partial charge in [0.05, 0.1) is 0 Å². The fourth-order valence-corrected chi connectivity index (χ4v) is 2.60. The Morgan fingerprint density at radius 1 is 1.19 bits per heavy atom. The molecule has 1 N–H and O–H groups in total. The van der Waals surface area contributed by atoms with Crippen LogP contribution >= 0.6 is 22.3 Å². The molecular weight excluding hydrogens is 273 g/mol. The first-order valence-electron chi connectivity index (χ1n) is 4.15. The number of halogens is 2. The lowest BCUT2D eigenvalue weighted by Gasteiger charge is -2.02. The molecule has 1 aromatic carbocycles. The lowest BCUT2D eigenvalue weighted by molar-refractivity contribution is 0.610. The van der Waals surface area contributed by atoms with Crippen LogP contribution in [-0.4, -0.2) is 13.4 Å². The van der Waals surface area contributed by atoms with Gasteiger partial charge in [-0.15, -0.1) is 0 Å². The number of pyridine rings is 1. The second-order valence-electron chi connectivity index (χ2n) is 3.11. The van der Waals surface area contributed by atoms with Gasteiger partial charge in [0.25, 0.3) is 14.6 Å². The Balaban J connectivity index is 3.02. The second kappa shape index (κ2) is 3.76. The Kier molecular flexibility index (Phi) is 2.69. The Labute approximate surface area is 100 Å². The lowest BCUT2D eigenvalue weighted by atomic mass is 10.2. The topological polar surface area (TPSA) is 67.0 Å². The molecule has 0 saturated heterocycles. The van der Waals surface area contributed by atoms with Crippen molar-refractivity contribution in [3.05, 3.63) is 39.8 Å². The zero-order chi connectivity index (χ0) is 11.9. The van der Waals surface area contributed by atoms with Crippen LogP contribution in [0.3, 0.4) is 0 Å². The van der Waals surface area contributed by atoms with Crippen molar-refractivity contribution in [3.63, 3.8) is 0 Å². The van der Waals surface area contributed by atoms with Gasteiger partial charge in [-0.05, 0) is 12.1 Å². The number of hydrogen-bond acceptors (Lipinski definition) is 3. The highest BCUT2D eigenvalue weighted by Gasteiger charge is 2.15. The van der Waals surface area contributed by atoms with Crippen LogP contribution in [0.1, 0.15) is 0 Å². The van der Waals surface area contributed by atoms with Crippen LogP contribution in [0.5, 0.6) is 0 Å². The Bertz CT molecular complexity index is 721. The van der Waals surface area contributed by atoms with Crippen LogP contribution in [0.25, 0.3) is 10.8 Å². The molecule has 0 unspecified atom stereocenters. The molecule has 0 atom stereocenters. The maximum absolute atomic E-state index is 11.5. The number of H-pyrrole nitrogens is 1. The summed E-state index contributed by atoms with van der Waals surface area (Å²) < 4.78 is 22.5. The quantitative estimate of drug-likeness (QED) is 0.812. The predicted molar refractivity (Wildman–Crippen MR) is 62.6 cm³/mol. The van der Waals surface area contributed by atoms with Crippen LogP contribution in [-0.2, 0) is 9.05 Å².